The molecule has 4 heteroatoms. The topological polar surface area (TPSA) is 57.8 Å². The van der Waals surface area contributed by atoms with Crippen LogP contribution < -0.4 is 5.32 Å². The van der Waals surface area contributed by atoms with E-state index >= 15 is 0 Å². The second kappa shape index (κ2) is 4.80. The molecule has 1 aromatic carbocycles. The third kappa shape index (κ3) is 2.10. The van der Waals surface area contributed by atoms with E-state index in [9.17, 15) is 4.79 Å². The highest BCUT2D eigenvalue weighted by Gasteiger charge is 2.24. The molecule has 1 amide bonds. The summed E-state index contributed by atoms with van der Waals surface area (Å²) >= 11 is 0. The van der Waals surface area contributed by atoms with Gasteiger partial charge in [-0.3, -0.25) is 4.79 Å². The number of carbonyl (C=O) groups is 1. The Kier molecular flexibility index (Phi) is 3.00. The standard InChI is InChI=1S/C14H17N3O/c18-9-15-11-5-3-4-10(8-11)14-16-12-6-1-2-7-13(12)17-14/h1-2,6-7,9-11H,3-5,8H2,(H,15,18)(H,16,17). The molecule has 1 aliphatic rings. The van der Waals surface area contributed by atoms with Crippen LogP contribution in [0.3, 0.4) is 0 Å². The van der Waals surface area contributed by atoms with Crippen LogP contribution in [0.2, 0.25) is 0 Å². The molecule has 1 heterocycles. The summed E-state index contributed by atoms with van der Waals surface area (Å²) in [7, 11) is 0. The van der Waals surface area contributed by atoms with Gasteiger partial charge in [0.25, 0.3) is 0 Å². The number of para-hydroxylation sites is 2. The Morgan fingerprint density at radius 1 is 1.33 bits per heavy atom. The van der Waals surface area contributed by atoms with E-state index in [1.165, 1.54) is 0 Å². The molecule has 94 valence electrons. The number of nitrogens with one attached hydrogen (secondary N) is 2. The van der Waals surface area contributed by atoms with Crippen LogP contribution in [0.25, 0.3) is 11.0 Å². The minimum absolute atomic E-state index is 0.300. The van der Waals surface area contributed by atoms with Gasteiger partial charge in [-0.1, -0.05) is 18.6 Å². The molecule has 2 N–H and O–H groups in total. The summed E-state index contributed by atoms with van der Waals surface area (Å²) in [5.74, 6) is 1.50. The van der Waals surface area contributed by atoms with E-state index in [0.29, 0.717) is 12.0 Å². The van der Waals surface area contributed by atoms with Gasteiger partial charge in [0.1, 0.15) is 5.82 Å². The minimum Gasteiger partial charge on any atom is -0.356 e. The molecule has 0 radical (unpaired) electrons. The Balaban J connectivity index is 1.82. The number of aromatic nitrogens is 2. The maximum atomic E-state index is 10.5. The number of imidazole rings is 1. The first-order chi connectivity index (χ1) is 8.86. The van der Waals surface area contributed by atoms with Gasteiger partial charge in [0.15, 0.2) is 0 Å². The van der Waals surface area contributed by atoms with Crippen molar-refractivity contribution in [3.8, 4) is 0 Å². The first-order valence-corrected chi connectivity index (χ1v) is 6.51. The second-order valence-electron chi connectivity index (χ2n) is 4.98. The molecule has 1 aliphatic carbocycles. The molecule has 18 heavy (non-hydrogen) atoms. The normalized spacial score (nSPS) is 24.0. The SMILES string of the molecule is O=CNC1CCCC(c2nc3ccccc3[nH]2)C1. The van der Waals surface area contributed by atoms with E-state index in [0.717, 1.165) is 49.0 Å². The lowest BCUT2D eigenvalue weighted by molar-refractivity contribution is -0.110. The number of hydrogen-bond acceptors (Lipinski definition) is 2. The van der Waals surface area contributed by atoms with E-state index < -0.39 is 0 Å². The van der Waals surface area contributed by atoms with Crippen LogP contribution >= 0.6 is 0 Å². The number of amides is 1. The highest BCUT2D eigenvalue weighted by molar-refractivity contribution is 5.74. The van der Waals surface area contributed by atoms with Gasteiger partial charge in [-0.05, 0) is 31.4 Å². The summed E-state index contributed by atoms with van der Waals surface area (Å²) in [6.07, 6.45) is 5.17. The fourth-order valence-corrected chi connectivity index (χ4v) is 2.85. The Bertz CT molecular complexity index is 516. The highest BCUT2D eigenvalue weighted by atomic mass is 16.1. The molecule has 1 aromatic heterocycles. The average molecular weight is 243 g/mol. The van der Waals surface area contributed by atoms with E-state index in [1.807, 2.05) is 18.2 Å². The Labute approximate surface area is 106 Å². The number of aromatic amines is 1. The molecule has 1 fully saturated rings. The first-order valence-electron chi connectivity index (χ1n) is 6.51. The van der Waals surface area contributed by atoms with Crippen molar-refractivity contribution in [2.45, 2.75) is 37.6 Å². The number of nitrogens with zero attached hydrogens (tertiary/aromatic N) is 1. The molecule has 0 spiro atoms. The molecule has 0 saturated heterocycles. The molecule has 2 unspecified atom stereocenters. The van der Waals surface area contributed by atoms with Crippen molar-refractivity contribution in [3.05, 3.63) is 30.1 Å². The summed E-state index contributed by atoms with van der Waals surface area (Å²) < 4.78 is 0. The smallest absolute Gasteiger partial charge is 0.207 e. The van der Waals surface area contributed by atoms with Crippen molar-refractivity contribution in [2.75, 3.05) is 0 Å². The highest BCUT2D eigenvalue weighted by Crippen LogP contribution is 2.32. The summed E-state index contributed by atoms with van der Waals surface area (Å²) in [4.78, 5) is 18.6. The van der Waals surface area contributed by atoms with Gasteiger partial charge in [0.2, 0.25) is 6.41 Å². The summed E-state index contributed by atoms with van der Waals surface area (Å²) in [6.45, 7) is 0. The van der Waals surface area contributed by atoms with E-state index in [-0.39, 0.29) is 0 Å². The fraction of sp³-hybridized carbons (Fsp3) is 0.429. The van der Waals surface area contributed by atoms with Gasteiger partial charge in [-0.15, -0.1) is 0 Å². The zero-order chi connectivity index (χ0) is 12.4. The zero-order valence-corrected chi connectivity index (χ0v) is 10.2. The predicted molar refractivity (Wildman–Crippen MR) is 70.3 cm³/mol. The van der Waals surface area contributed by atoms with Crippen molar-refractivity contribution >= 4 is 17.4 Å². The van der Waals surface area contributed by atoms with Gasteiger partial charge in [-0.25, -0.2) is 4.98 Å². The van der Waals surface area contributed by atoms with Crippen molar-refractivity contribution < 1.29 is 4.79 Å². The Morgan fingerprint density at radius 3 is 3.06 bits per heavy atom. The van der Waals surface area contributed by atoms with Crippen LogP contribution in [0.15, 0.2) is 24.3 Å². The first kappa shape index (κ1) is 11.3. The van der Waals surface area contributed by atoms with Gasteiger partial charge in [-0.2, -0.15) is 0 Å². The summed E-state index contributed by atoms with van der Waals surface area (Å²) in [6, 6.07) is 8.40. The van der Waals surface area contributed by atoms with Crippen LogP contribution in [0, 0.1) is 0 Å². The molecule has 0 aliphatic heterocycles. The maximum absolute atomic E-state index is 10.5. The third-order valence-electron chi connectivity index (χ3n) is 3.77. The lowest BCUT2D eigenvalue weighted by atomic mass is 9.85. The largest absolute Gasteiger partial charge is 0.356 e. The molecular formula is C14H17N3O. The molecule has 0 bridgehead atoms. The third-order valence-corrected chi connectivity index (χ3v) is 3.77. The minimum atomic E-state index is 0.300. The molecule has 3 rings (SSSR count). The van der Waals surface area contributed by atoms with Gasteiger partial charge < -0.3 is 10.3 Å². The zero-order valence-electron chi connectivity index (χ0n) is 10.2. The molecule has 4 nitrogen and oxygen atoms in total. The molecule has 2 atom stereocenters. The van der Waals surface area contributed by atoms with Crippen LogP contribution in [-0.2, 0) is 4.79 Å². The van der Waals surface area contributed by atoms with Crippen molar-refractivity contribution in [2.24, 2.45) is 0 Å². The van der Waals surface area contributed by atoms with Gasteiger partial charge in [0, 0.05) is 12.0 Å². The number of H-pyrrole nitrogens is 1. The van der Waals surface area contributed by atoms with Crippen LogP contribution in [0.5, 0.6) is 0 Å². The van der Waals surface area contributed by atoms with Gasteiger partial charge in [0.05, 0.1) is 11.0 Å². The maximum Gasteiger partial charge on any atom is 0.207 e. The lowest BCUT2D eigenvalue weighted by Crippen LogP contribution is -2.32. The molecular weight excluding hydrogens is 226 g/mol. The van der Waals surface area contributed by atoms with Crippen molar-refractivity contribution in [1.82, 2.24) is 15.3 Å². The summed E-state index contributed by atoms with van der Waals surface area (Å²) in [5.41, 5.74) is 2.12. The quantitative estimate of drug-likeness (QED) is 0.813. The lowest BCUT2D eigenvalue weighted by Gasteiger charge is -2.27. The second-order valence-corrected chi connectivity index (χ2v) is 4.98. The number of rotatable bonds is 3. The Hall–Kier alpha value is -1.84. The number of fused-ring (bicyclic) bond motifs is 1. The van der Waals surface area contributed by atoms with Crippen LogP contribution in [0.4, 0.5) is 0 Å². The fourth-order valence-electron chi connectivity index (χ4n) is 2.85. The number of carbonyl (C=O) groups excluding carboxylic acids is 1. The molecule has 2 aromatic rings. The summed E-state index contributed by atoms with van der Waals surface area (Å²) in [5, 5.41) is 2.90. The van der Waals surface area contributed by atoms with E-state index in [1.54, 1.807) is 0 Å². The van der Waals surface area contributed by atoms with Gasteiger partial charge >= 0.3 is 0 Å². The van der Waals surface area contributed by atoms with Crippen LogP contribution in [-0.4, -0.2) is 22.4 Å². The van der Waals surface area contributed by atoms with Crippen molar-refractivity contribution in [1.29, 1.82) is 0 Å². The number of hydrogen-bond donors (Lipinski definition) is 2. The van der Waals surface area contributed by atoms with Crippen LogP contribution in [0.1, 0.15) is 37.4 Å². The average Bonchev–Trinajstić information content (AvgIpc) is 2.83. The van der Waals surface area contributed by atoms with E-state index in [2.05, 4.69) is 21.4 Å². The predicted octanol–water partition coefficient (Wildman–Crippen LogP) is 2.34. The van der Waals surface area contributed by atoms with Crippen molar-refractivity contribution in [3.63, 3.8) is 0 Å². The van der Waals surface area contributed by atoms with E-state index in [4.69, 9.17) is 0 Å². The monoisotopic (exact) mass is 243 g/mol. The molecule has 1 saturated carbocycles. The number of benzene rings is 1. The Morgan fingerprint density at radius 2 is 2.22 bits per heavy atom.